The van der Waals surface area contributed by atoms with Crippen LogP contribution in [0.2, 0.25) is 0 Å². The van der Waals surface area contributed by atoms with Gasteiger partial charge in [-0.1, -0.05) is 78.1 Å². The van der Waals surface area contributed by atoms with E-state index in [1.807, 2.05) is 14.1 Å². The molecule has 0 spiro atoms. The van der Waals surface area contributed by atoms with Crippen LogP contribution in [0.3, 0.4) is 0 Å². The molecule has 0 fully saturated rings. The van der Waals surface area contributed by atoms with E-state index in [9.17, 15) is 9.59 Å². The Bertz CT molecular complexity index is 439. The average Bonchev–Trinajstić information content (AvgIpc) is 2.73. The number of nitrogens with zero attached hydrogens (tertiary/aromatic N) is 1. The second kappa shape index (κ2) is 20.8. The SMILES string of the molecule is CCCCCCCCC(CCCCCC)C(=O)OCC(C)OC(=O)CCCCN(C)C. The lowest BCUT2D eigenvalue weighted by Gasteiger charge is -2.18. The quantitative estimate of drug-likeness (QED) is 0.150. The minimum Gasteiger partial charge on any atom is -0.462 e. The van der Waals surface area contributed by atoms with E-state index < -0.39 is 0 Å². The minimum atomic E-state index is -0.389. The number of hydrogen-bond donors (Lipinski definition) is 0. The standard InChI is InChI=1S/C26H51NO4/c1-6-8-10-12-13-15-19-24(18-14-11-9-7-2)26(29)30-22-23(3)31-25(28)20-16-17-21-27(4)5/h23-24H,6-22H2,1-5H3. The molecule has 0 aromatic heterocycles. The molecule has 0 heterocycles. The lowest BCUT2D eigenvalue weighted by molar-refractivity contribution is -0.160. The fourth-order valence-electron chi connectivity index (χ4n) is 3.70. The van der Waals surface area contributed by atoms with Gasteiger partial charge in [-0.15, -0.1) is 0 Å². The zero-order chi connectivity index (χ0) is 23.3. The molecule has 0 bridgehead atoms. The normalized spacial score (nSPS) is 13.2. The Labute approximate surface area is 192 Å². The Morgan fingerprint density at radius 1 is 0.774 bits per heavy atom. The molecule has 31 heavy (non-hydrogen) atoms. The Balaban J connectivity index is 4.23. The summed E-state index contributed by atoms with van der Waals surface area (Å²) < 4.78 is 11.0. The first kappa shape index (κ1) is 29.9. The number of esters is 2. The van der Waals surface area contributed by atoms with Crippen molar-refractivity contribution in [1.29, 1.82) is 0 Å². The molecule has 0 N–H and O–H groups in total. The van der Waals surface area contributed by atoms with Gasteiger partial charge in [-0.25, -0.2) is 0 Å². The van der Waals surface area contributed by atoms with Gasteiger partial charge in [-0.2, -0.15) is 0 Å². The van der Waals surface area contributed by atoms with Gasteiger partial charge in [-0.05, 0) is 53.2 Å². The van der Waals surface area contributed by atoms with Crippen molar-refractivity contribution < 1.29 is 19.1 Å². The molecule has 0 rings (SSSR count). The maximum Gasteiger partial charge on any atom is 0.309 e. The number of unbranched alkanes of at least 4 members (excludes halogenated alkanes) is 9. The van der Waals surface area contributed by atoms with E-state index in [0.717, 1.165) is 45.1 Å². The number of carbonyl (C=O) groups excluding carboxylic acids is 2. The van der Waals surface area contributed by atoms with Crippen molar-refractivity contribution in [2.24, 2.45) is 5.92 Å². The first-order valence-electron chi connectivity index (χ1n) is 12.9. The largest absolute Gasteiger partial charge is 0.462 e. The van der Waals surface area contributed by atoms with Gasteiger partial charge in [0.05, 0.1) is 5.92 Å². The molecule has 184 valence electrons. The van der Waals surface area contributed by atoms with Crippen LogP contribution in [0.1, 0.15) is 117 Å². The van der Waals surface area contributed by atoms with Crippen LogP contribution >= 0.6 is 0 Å². The van der Waals surface area contributed by atoms with Crippen molar-refractivity contribution in [1.82, 2.24) is 4.90 Å². The predicted octanol–water partition coefficient (Wildman–Crippen LogP) is 6.53. The molecule has 0 aromatic rings. The van der Waals surface area contributed by atoms with Gasteiger partial charge in [0.25, 0.3) is 0 Å². The summed E-state index contributed by atoms with van der Waals surface area (Å²) in [5.74, 6) is -0.332. The third-order valence-electron chi connectivity index (χ3n) is 5.67. The van der Waals surface area contributed by atoms with Gasteiger partial charge < -0.3 is 14.4 Å². The Kier molecular flexibility index (Phi) is 20.0. The van der Waals surface area contributed by atoms with Crippen molar-refractivity contribution in [3.05, 3.63) is 0 Å². The highest BCUT2D eigenvalue weighted by molar-refractivity contribution is 5.72. The van der Waals surface area contributed by atoms with Crippen molar-refractivity contribution >= 4 is 11.9 Å². The van der Waals surface area contributed by atoms with E-state index in [4.69, 9.17) is 9.47 Å². The van der Waals surface area contributed by atoms with Gasteiger partial charge in [0, 0.05) is 6.42 Å². The number of ether oxygens (including phenoxy) is 2. The zero-order valence-corrected chi connectivity index (χ0v) is 21.3. The van der Waals surface area contributed by atoms with Crippen LogP contribution < -0.4 is 0 Å². The van der Waals surface area contributed by atoms with Crippen LogP contribution in [0.15, 0.2) is 0 Å². The molecule has 0 aliphatic rings. The summed E-state index contributed by atoms with van der Waals surface area (Å²) in [7, 11) is 4.05. The van der Waals surface area contributed by atoms with Gasteiger partial charge >= 0.3 is 11.9 Å². The number of rotatable bonds is 21. The highest BCUT2D eigenvalue weighted by atomic mass is 16.6. The molecule has 0 aliphatic carbocycles. The smallest absolute Gasteiger partial charge is 0.309 e. The van der Waals surface area contributed by atoms with E-state index in [1.165, 1.54) is 51.4 Å². The topological polar surface area (TPSA) is 55.8 Å². The number of carbonyl (C=O) groups is 2. The monoisotopic (exact) mass is 441 g/mol. The van der Waals surface area contributed by atoms with Crippen LogP contribution in [-0.4, -0.2) is 50.2 Å². The highest BCUT2D eigenvalue weighted by Gasteiger charge is 2.21. The maximum atomic E-state index is 12.7. The fraction of sp³-hybridized carbons (Fsp3) is 0.923. The summed E-state index contributed by atoms with van der Waals surface area (Å²) in [4.78, 5) is 26.7. The maximum absolute atomic E-state index is 12.7. The van der Waals surface area contributed by atoms with Crippen molar-refractivity contribution in [3.63, 3.8) is 0 Å². The van der Waals surface area contributed by atoms with E-state index in [0.29, 0.717) is 6.42 Å². The van der Waals surface area contributed by atoms with Crippen LogP contribution in [0.4, 0.5) is 0 Å². The Morgan fingerprint density at radius 2 is 1.32 bits per heavy atom. The molecule has 0 radical (unpaired) electrons. The van der Waals surface area contributed by atoms with Gasteiger partial charge in [0.1, 0.15) is 12.7 Å². The van der Waals surface area contributed by atoms with E-state index in [2.05, 4.69) is 18.7 Å². The highest BCUT2D eigenvalue weighted by Crippen LogP contribution is 2.20. The van der Waals surface area contributed by atoms with E-state index in [1.54, 1.807) is 6.92 Å². The lowest BCUT2D eigenvalue weighted by Crippen LogP contribution is -2.26. The second-order valence-electron chi connectivity index (χ2n) is 9.29. The molecular weight excluding hydrogens is 390 g/mol. The van der Waals surface area contributed by atoms with Crippen LogP contribution in [0.25, 0.3) is 0 Å². The molecule has 0 saturated heterocycles. The Morgan fingerprint density at radius 3 is 1.90 bits per heavy atom. The third-order valence-corrected chi connectivity index (χ3v) is 5.67. The van der Waals surface area contributed by atoms with E-state index >= 15 is 0 Å². The first-order chi connectivity index (χ1) is 14.9. The molecule has 5 nitrogen and oxygen atoms in total. The van der Waals surface area contributed by atoms with Crippen LogP contribution in [0, 0.1) is 5.92 Å². The summed E-state index contributed by atoms with van der Waals surface area (Å²) in [5, 5.41) is 0. The molecule has 0 aromatic carbocycles. The first-order valence-corrected chi connectivity index (χ1v) is 12.9. The predicted molar refractivity (Wildman–Crippen MR) is 129 cm³/mol. The molecular formula is C26H51NO4. The van der Waals surface area contributed by atoms with Crippen LogP contribution in [-0.2, 0) is 19.1 Å². The minimum absolute atomic E-state index is 0.0167. The molecule has 0 amide bonds. The summed E-state index contributed by atoms with van der Waals surface area (Å²) in [6.07, 6.45) is 15.7. The summed E-state index contributed by atoms with van der Waals surface area (Å²) in [5.41, 5.74) is 0. The molecule has 2 unspecified atom stereocenters. The summed E-state index contributed by atoms with van der Waals surface area (Å²) in [6, 6.07) is 0. The summed E-state index contributed by atoms with van der Waals surface area (Å²) >= 11 is 0. The summed E-state index contributed by atoms with van der Waals surface area (Å²) in [6.45, 7) is 7.36. The lowest BCUT2D eigenvalue weighted by atomic mass is 9.94. The van der Waals surface area contributed by atoms with Crippen molar-refractivity contribution in [3.8, 4) is 0 Å². The van der Waals surface area contributed by atoms with Crippen molar-refractivity contribution in [2.45, 2.75) is 123 Å². The van der Waals surface area contributed by atoms with Gasteiger partial charge in [0.2, 0.25) is 0 Å². The van der Waals surface area contributed by atoms with Crippen LogP contribution in [0.5, 0.6) is 0 Å². The average molecular weight is 442 g/mol. The Hall–Kier alpha value is -1.10. The molecule has 0 aliphatic heterocycles. The second-order valence-corrected chi connectivity index (χ2v) is 9.29. The van der Waals surface area contributed by atoms with Crippen molar-refractivity contribution in [2.75, 3.05) is 27.2 Å². The van der Waals surface area contributed by atoms with E-state index in [-0.39, 0.29) is 30.6 Å². The third kappa shape index (κ3) is 19.3. The fourth-order valence-corrected chi connectivity index (χ4v) is 3.70. The molecule has 5 heteroatoms. The molecule has 2 atom stereocenters. The number of hydrogen-bond acceptors (Lipinski definition) is 5. The zero-order valence-electron chi connectivity index (χ0n) is 21.3. The van der Waals surface area contributed by atoms with Gasteiger partial charge in [-0.3, -0.25) is 9.59 Å². The van der Waals surface area contributed by atoms with Gasteiger partial charge in [0.15, 0.2) is 0 Å². The molecule has 0 saturated carbocycles.